The van der Waals surface area contributed by atoms with Crippen molar-refractivity contribution in [1.29, 1.82) is 0 Å². The van der Waals surface area contributed by atoms with E-state index >= 15 is 0 Å². The summed E-state index contributed by atoms with van der Waals surface area (Å²) in [5, 5.41) is 12.1. The monoisotopic (exact) mass is 385 g/mol. The maximum atomic E-state index is 12.0. The summed E-state index contributed by atoms with van der Waals surface area (Å²) in [5.74, 6) is 2.54. The van der Waals surface area contributed by atoms with Gasteiger partial charge in [-0.2, -0.15) is 0 Å². The van der Waals surface area contributed by atoms with Crippen molar-refractivity contribution in [2.45, 2.75) is 18.2 Å². The standard InChI is InChI=1S/C18H19N5O3S/c1-25-14-6-4-13(5-7-14)22-8-9-23-17(22)20-21-18(23)27-12-16(24)19-11-15-3-2-10-26-15/h2-7,10H,8-9,11-12H2,1H3,(H,19,24). The van der Waals surface area contributed by atoms with Gasteiger partial charge >= 0.3 is 0 Å². The van der Waals surface area contributed by atoms with E-state index in [4.69, 9.17) is 9.15 Å². The number of rotatable bonds is 7. The predicted molar refractivity (Wildman–Crippen MR) is 101 cm³/mol. The lowest BCUT2D eigenvalue weighted by Crippen LogP contribution is -2.24. The number of aromatic nitrogens is 3. The molecule has 1 amide bonds. The zero-order valence-corrected chi connectivity index (χ0v) is 15.6. The SMILES string of the molecule is COc1ccc(N2CCn3c(SCC(=O)NCc4ccco4)nnc32)cc1. The van der Waals surface area contributed by atoms with Gasteiger partial charge in [-0.1, -0.05) is 11.8 Å². The minimum atomic E-state index is -0.0706. The minimum Gasteiger partial charge on any atom is -0.497 e. The molecule has 1 aliphatic heterocycles. The molecule has 0 radical (unpaired) electrons. The molecule has 27 heavy (non-hydrogen) atoms. The Balaban J connectivity index is 1.36. The summed E-state index contributed by atoms with van der Waals surface area (Å²) in [4.78, 5) is 14.1. The lowest BCUT2D eigenvalue weighted by molar-refractivity contribution is -0.118. The van der Waals surface area contributed by atoms with Crippen molar-refractivity contribution in [2.75, 3.05) is 24.3 Å². The number of nitrogens with zero attached hydrogens (tertiary/aromatic N) is 4. The highest BCUT2D eigenvalue weighted by atomic mass is 32.2. The fraction of sp³-hybridized carbons (Fsp3) is 0.278. The summed E-state index contributed by atoms with van der Waals surface area (Å²) in [6.45, 7) is 1.98. The summed E-state index contributed by atoms with van der Waals surface area (Å²) in [6, 6.07) is 11.5. The second-order valence-electron chi connectivity index (χ2n) is 5.93. The Morgan fingerprint density at radius 2 is 2.11 bits per heavy atom. The minimum absolute atomic E-state index is 0.0706. The number of fused-ring (bicyclic) bond motifs is 1. The molecule has 0 saturated heterocycles. The van der Waals surface area contributed by atoms with Gasteiger partial charge in [0.05, 0.1) is 25.7 Å². The van der Waals surface area contributed by atoms with Gasteiger partial charge in [-0.05, 0) is 36.4 Å². The van der Waals surface area contributed by atoms with Crippen LogP contribution in [0.2, 0.25) is 0 Å². The first kappa shape index (κ1) is 17.5. The van der Waals surface area contributed by atoms with Crippen molar-refractivity contribution < 1.29 is 13.9 Å². The summed E-state index contributed by atoms with van der Waals surface area (Å²) in [7, 11) is 1.65. The van der Waals surface area contributed by atoms with Crippen LogP contribution in [0.3, 0.4) is 0 Å². The van der Waals surface area contributed by atoms with Crippen molar-refractivity contribution >= 4 is 29.3 Å². The van der Waals surface area contributed by atoms with Crippen LogP contribution < -0.4 is 15.0 Å². The van der Waals surface area contributed by atoms with Crippen LogP contribution in [0, 0.1) is 0 Å². The number of furan rings is 1. The molecule has 8 nitrogen and oxygen atoms in total. The number of hydrogen-bond donors (Lipinski definition) is 1. The summed E-state index contributed by atoms with van der Waals surface area (Å²) in [5.41, 5.74) is 1.04. The van der Waals surface area contributed by atoms with Crippen LogP contribution >= 0.6 is 11.8 Å². The van der Waals surface area contributed by atoms with Gasteiger partial charge in [0.25, 0.3) is 0 Å². The molecule has 1 aliphatic rings. The Labute approximate surface area is 160 Å². The first-order chi connectivity index (χ1) is 13.2. The average molecular weight is 385 g/mol. The molecule has 3 aromatic rings. The highest BCUT2D eigenvalue weighted by Crippen LogP contribution is 2.32. The number of methoxy groups -OCH3 is 1. The van der Waals surface area contributed by atoms with Gasteiger partial charge in [0.15, 0.2) is 5.16 Å². The Morgan fingerprint density at radius 3 is 2.85 bits per heavy atom. The van der Waals surface area contributed by atoms with Crippen LogP contribution in [0.4, 0.5) is 11.6 Å². The smallest absolute Gasteiger partial charge is 0.232 e. The third kappa shape index (κ3) is 3.77. The average Bonchev–Trinajstić information content (AvgIpc) is 3.43. The number of benzene rings is 1. The molecule has 0 fully saturated rings. The zero-order valence-electron chi connectivity index (χ0n) is 14.8. The molecule has 9 heteroatoms. The molecule has 0 atom stereocenters. The van der Waals surface area contributed by atoms with Gasteiger partial charge in [0.2, 0.25) is 11.9 Å². The fourth-order valence-corrected chi connectivity index (χ4v) is 3.66. The highest BCUT2D eigenvalue weighted by molar-refractivity contribution is 7.99. The molecule has 0 unspecified atom stereocenters. The molecule has 3 heterocycles. The molecule has 0 saturated carbocycles. The number of anilines is 2. The van der Waals surface area contributed by atoms with E-state index < -0.39 is 0 Å². The van der Waals surface area contributed by atoms with E-state index in [2.05, 4.69) is 20.4 Å². The number of thioether (sulfide) groups is 1. The predicted octanol–water partition coefficient (Wildman–Crippen LogP) is 2.44. The molecule has 0 bridgehead atoms. The van der Waals surface area contributed by atoms with Gasteiger partial charge in [0.1, 0.15) is 11.5 Å². The Kier molecular flexibility index (Phi) is 5.01. The topological polar surface area (TPSA) is 85.4 Å². The highest BCUT2D eigenvalue weighted by Gasteiger charge is 2.26. The summed E-state index contributed by atoms with van der Waals surface area (Å²) >= 11 is 1.38. The number of ether oxygens (including phenoxy) is 1. The Morgan fingerprint density at radius 1 is 1.26 bits per heavy atom. The number of amides is 1. The van der Waals surface area contributed by atoms with Crippen LogP contribution in [0.1, 0.15) is 5.76 Å². The maximum Gasteiger partial charge on any atom is 0.232 e. The van der Waals surface area contributed by atoms with Gasteiger partial charge in [0, 0.05) is 18.8 Å². The molecular formula is C18H19N5O3S. The second kappa shape index (κ2) is 7.75. The van der Waals surface area contributed by atoms with E-state index in [0.717, 1.165) is 41.4 Å². The lowest BCUT2D eigenvalue weighted by Gasteiger charge is -2.15. The van der Waals surface area contributed by atoms with Gasteiger partial charge in [-0.25, -0.2) is 0 Å². The van der Waals surface area contributed by atoms with Gasteiger partial charge in [-0.15, -0.1) is 10.2 Å². The van der Waals surface area contributed by atoms with Crippen LogP contribution in [-0.4, -0.2) is 40.1 Å². The first-order valence-electron chi connectivity index (χ1n) is 8.51. The van der Waals surface area contributed by atoms with Crippen LogP contribution in [0.15, 0.2) is 52.2 Å². The van der Waals surface area contributed by atoms with Crippen molar-refractivity contribution in [3.05, 3.63) is 48.4 Å². The van der Waals surface area contributed by atoms with Gasteiger partial charge in [-0.3, -0.25) is 9.36 Å². The zero-order chi connectivity index (χ0) is 18.6. The maximum absolute atomic E-state index is 12.0. The molecule has 1 N–H and O–H groups in total. The van der Waals surface area contributed by atoms with Crippen molar-refractivity contribution in [2.24, 2.45) is 0 Å². The van der Waals surface area contributed by atoms with E-state index in [1.54, 1.807) is 19.4 Å². The van der Waals surface area contributed by atoms with E-state index in [1.807, 2.05) is 34.9 Å². The van der Waals surface area contributed by atoms with Crippen molar-refractivity contribution in [1.82, 2.24) is 20.1 Å². The molecule has 140 valence electrons. The second-order valence-corrected chi connectivity index (χ2v) is 6.87. The third-order valence-electron chi connectivity index (χ3n) is 4.24. The van der Waals surface area contributed by atoms with E-state index in [0.29, 0.717) is 6.54 Å². The van der Waals surface area contributed by atoms with E-state index in [1.165, 1.54) is 11.8 Å². The molecule has 0 aliphatic carbocycles. The Hall–Kier alpha value is -2.94. The number of carbonyl (C=O) groups excluding carboxylic acids is 1. The van der Waals surface area contributed by atoms with Crippen molar-refractivity contribution in [3.63, 3.8) is 0 Å². The summed E-state index contributed by atoms with van der Waals surface area (Å²) in [6.07, 6.45) is 1.59. The summed E-state index contributed by atoms with van der Waals surface area (Å²) < 4.78 is 12.4. The quantitative estimate of drug-likeness (QED) is 0.625. The van der Waals surface area contributed by atoms with Crippen LogP contribution in [0.25, 0.3) is 0 Å². The van der Waals surface area contributed by atoms with Crippen LogP contribution in [0.5, 0.6) is 5.75 Å². The lowest BCUT2D eigenvalue weighted by atomic mass is 10.3. The largest absolute Gasteiger partial charge is 0.497 e. The third-order valence-corrected chi connectivity index (χ3v) is 5.21. The van der Waals surface area contributed by atoms with E-state index in [9.17, 15) is 4.79 Å². The molecule has 4 rings (SSSR count). The fourth-order valence-electron chi connectivity index (χ4n) is 2.87. The molecule has 2 aromatic heterocycles. The molecule has 1 aromatic carbocycles. The van der Waals surface area contributed by atoms with Crippen LogP contribution in [-0.2, 0) is 17.9 Å². The number of hydrogen-bond acceptors (Lipinski definition) is 7. The first-order valence-corrected chi connectivity index (χ1v) is 9.50. The Bertz CT molecular complexity index is 908. The molecular weight excluding hydrogens is 366 g/mol. The van der Waals surface area contributed by atoms with Crippen molar-refractivity contribution in [3.8, 4) is 5.75 Å². The molecule has 0 spiro atoms. The van der Waals surface area contributed by atoms with E-state index in [-0.39, 0.29) is 11.7 Å². The number of carbonyl (C=O) groups is 1. The number of nitrogens with one attached hydrogen (secondary N) is 1. The normalized spacial score (nSPS) is 12.9. The van der Waals surface area contributed by atoms with Gasteiger partial charge < -0.3 is 19.4 Å².